The second-order valence-electron chi connectivity index (χ2n) is 5.33. The zero-order valence-electron chi connectivity index (χ0n) is 12.6. The van der Waals surface area contributed by atoms with Gasteiger partial charge in [0.25, 0.3) is 0 Å². The molecule has 0 radical (unpaired) electrons. The molecule has 1 rings (SSSR count). The second-order valence-corrected chi connectivity index (χ2v) is 5.33. The molecule has 112 valence electrons. The molecule has 1 aliphatic rings. The Kier molecular flexibility index (Phi) is 8.02. The van der Waals surface area contributed by atoms with Crippen LogP contribution in [-0.4, -0.2) is 75.9 Å². The molecule has 1 saturated heterocycles. The van der Waals surface area contributed by atoms with Gasteiger partial charge in [-0.1, -0.05) is 6.92 Å². The van der Waals surface area contributed by atoms with E-state index in [1.165, 1.54) is 0 Å². The number of hydrogen-bond acceptors (Lipinski definition) is 4. The van der Waals surface area contributed by atoms with Crippen LogP contribution in [0.5, 0.6) is 0 Å². The molecular formula is C14H28N2O3. The van der Waals surface area contributed by atoms with Crippen LogP contribution in [0.4, 0.5) is 0 Å². The van der Waals surface area contributed by atoms with Gasteiger partial charge in [-0.2, -0.15) is 0 Å². The van der Waals surface area contributed by atoms with Crippen LogP contribution in [0.25, 0.3) is 0 Å². The van der Waals surface area contributed by atoms with Crippen molar-refractivity contribution in [3.8, 4) is 0 Å². The van der Waals surface area contributed by atoms with Crippen molar-refractivity contribution in [2.45, 2.75) is 19.8 Å². The number of ether oxygens (including phenoxy) is 2. The standard InChI is InChI=1S/C14H28N2O3/c1-13-4-6-16(7-5-13)14(17)12-15(8-10-18-2)9-11-19-3/h13H,4-12H2,1-3H3. The van der Waals surface area contributed by atoms with Crippen molar-refractivity contribution in [3.63, 3.8) is 0 Å². The molecule has 0 aromatic carbocycles. The molecule has 1 fully saturated rings. The lowest BCUT2D eigenvalue weighted by atomic mass is 9.99. The Bertz CT molecular complexity index is 245. The van der Waals surface area contributed by atoms with E-state index < -0.39 is 0 Å². The number of piperidine rings is 1. The SMILES string of the molecule is COCCN(CCOC)CC(=O)N1CCC(C)CC1. The molecule has 1 aliphatic heterocycles. The number of carbonyl (C=O) groups is 1. The highest BCUT2D eigenvalue weighted by molar-refractivity contribution is 5.78. The predicted octanol–water partition coefficient (Wildman–Crippen LogP) is 0.840. The van der Waals surface area contributed by atoms with E-state index in [1.54, 1.807) is 14.2 Å². The van der Waals surface area contributed by atoms with Gasteiger partial charge in [0, 0.05) is 40.4 Å². The van der Waals surface area contributed by atoms with Crippen molar-refractivity contribution < 1.29 is 14.3 Å². The summed E-state index contributed by atoms with van der Waals surface area (Å²) in [7, 11) is 3.37. The summed E-state index contributed by atoms with van der Waals surface area (Å²) in [5, 5.41) is 0. The molecule has 0 aromatic heterocycles. The van der Waals surface area contributed by atoms with Crippen LogP contribution in [0.1, 0.15) is 19.8 Å². The van der Waals surface area contributed by atoms with Crippen molar-refractivity contribution >= 4 is 5.91 Å². The quantitative estimate of drug-likeness (QED) is 0.657. The monoisotopic (exact) mass is 272 g/mol. The zero-order chi connectivity index (χ0) is 14.1. The van der Waals surface area contributed by atoms with Crippen LogP contribution in [-0.2, 0) is 14.3 Å². The lowest BCUT2D eigenvalue weighted by Gasteiger charge is -2.32. The molecule has 0 saturated carbocycles. The highest BCUT2D eigenvalue weighted by atomic mass is 16.5. The Labute approximate surface area is 116 Å². The Morgan fingerprint density at radius 3 is 2.16 bits per heavy atom. The maximum atomic E-state index is 12.2. The average molecular weight is 272 g/mol. The molecule has 0 aromatic rings. The summed E-state index contributed by atoms with van der Waals surface area (Å²) in [6.45, 7) is 7.38. The van der Waals surface area contributed by atoms with Crippen molar-refractivity contribution in [1.29, 1.82) is 0 Å². The maximum Gasteiger partial charge on any atom is 0.236 e. The molecular weight excluding hydrogens is 244 g/mol. The zero-order valence-corrected chi connectivity index (χ0v) is 12.6. The first-order valence-electron chi connectivity index (χ1n) is 7.15. The molecule has 19 heavy (non-hydrogen) atoms. The Balaban J connectivity index is 2.36. The summed E-state index contributed by atoms with van der Waals surface area (Å²) in [5.41, 5.74) is 0. The molecule has 0 spiro atoms. The molecule has 5 heteroatoms. The van der Waals surface area contributed by atoms with Gasteiger partial charge in [-0.25, -0.2) is 0 Å². The van der Waals surface area contributed by atoms with E-state index in [9.17, 15) is 4.79 Å². The average Bonchev–Trinajstić information content (AvgIpc) is 2.42. The summed E-state index contributed by atoms with van der Waals surface area (Å²) in [4.78, 5) is 16.3. The normalized spacial score (nSPS) is 17.2. The highest BCUT2D eigenvalue weighted by Crippen LogP contribution is 2.16. The third-order valence-electron chi connectivity index (χ3n) is 3.72. The van der Waals surface area contributed by atoms with Crippen molar-refractivity contribution in [1.82, 2.24) is 9.80 Å². The van der Waals surface area contributed by atoms with Crippen molar-refractivity contribution in [3.05, 3.63) is 0 Å². The van der Waals surface area contributed by atoms with Gasteiger partial charge >= 0.3 is 0 Å². The van der Waals surface area contributed by atoms with E-state index in [0.29, 0.717) is 19.8 Å². The molecule has 0 bridgehead atoms. The maximum absolute atomic E-state index is 12.2. The van der Waals surface area contributed by atoms with Gasteiger partial charge < -0.3 is 14.4 Å². The van der Waals surface area contributed by atoms with Crippen LogP contribution in [0.15, 0.2) is 0 Å². The van der Waals surface area contributed by atoms with E-state index >= 15 is 0 Å². The topological polar surface area (TPSA) is 42.0 Å². The minimum atomic E-state index is 0.235. The number of amides is 1. The minimum absolute atomic E-state index is 0.235. The van der Waals surface area contributed by atoms with Crippen LogP contribution < -0.4 is 0 Å². The third kappa shape index (κ3) is 6.36. The highest BCUT2D eigenvalue weighted by Gasteiger charge is 2.21. The molecule has 1 amide bonds. The fraction of sp³-hybridized carbons (Fsp3) is 0.929. The summed E-state index contributed by atoms with van der Waals surface area (Å²) in [5.74, 6) is 0.987. The predicted molar refractivity (Wildman–Crippen MR) is 75.2 cm³/mol. The molecule has 5 nitrogen and oxygen atoms in total. The first-order valence-corrected chi connectivity index (χ1v) is 7.15. The van der Waals surface area contributed by atoms with Crippen LogP contribution in [0, 0.1) is 5.92 Å². The smallest absolute Gasteiger partial charge is 0.236 e. The number of carbonyl (C=O) groups excluding carboxylic acids is 1. The summed E-state index contributed by atoms with van der Waals surface area (Å²) < 4.78 is 10.2. The molecule has 1 heterocycles. The molecule has 0 unspecified atom stereocenters. The lowest BCUT2D eigenvalue weighted by molar-refractivity contribution is -0.134. The van der Waals surface area contributed by atoms with Gasteiger partial charge in [0.1, 0.15) is 0 Å². The summed E-state index contributed by atoms with van der Waals surface area (Å²) in [6, 6.07) is 0. The van der Waals surface area contributed by atoms with E-state index in [4.69, 9.17) is 9.47 Å². The largest absolute Gasteiger partial charge is 0.383 e. The Morgan fingerprint density at radius 2 is 1.68 bits per heavy atom. The van der Waals surface area contributed by atoms with Crippen LogP contribution in [0.2, 0.25) is 0 Å². The molecule has 0 aliphatic carbocycles. The van der Waals surface area contributed by atoms with Gasteiger partial charge in [0.2, 0.25) is 5.91 Å². The van der Waals surface area contributed by atoms with Crippen molar-refractivity contribution in [2.75, 3.05) is 60.2 Å². The molecule has 0 N–H and O–H groups in total. The fourth-order valence-electron chi connectivity index (χ4n) is 2.26. The number of nitrogens with zero attached hydrogens (tertiary/aromatic N) is 2. The van der Waals surface area contributed by atoms with Gasteiger partial charge in [-0.15, -0.1) is 0 Å². The van der Waals surface area contributed by atoms with Crippen molar-refractivity contribution in [2.24, 2.45) is 5.92 Å². The Hall–Kier alpha value is -0.650. The first kappa shape index (κ1) is 16.4. The second kappa shape index (κ2) is 9.28. The van der Waals surface area contributed by atoms with Gasteiger partial charge in [0.05, 0.1) is 19.8 Å². The van der Waals surface area contributed by atoms with Gasteiger partial charge in [-0.05, 0) is 18.8 Å². The number of rotatable bonds is 8. The minimum Gasteiger partial charge on any atom is -0.383 e. The first-order chi connectivity index (χ1) is 9.17. The summed E-state index contributed by atoms with van der Waals surface area (Å²) in [6.07, 6.45) is 2.25. The lowest BCUT2D eigenvalue weighted by Crippen LogP contribution is -2.45. The summed E-state index contributed by atoms with van der Waals surface area (Å²) >= 11 is 0. The van der Waals surface area contributed by atoms with E-state index in [1.807, 2.05) is 4.90 Å². The number of likely N-dealkylation sites (tertiary alicyclic amines) is 1. The molecule has 0 atom stereocenters. The van der Waals surface area contributed by atoms with E-state index in [2.05, 4.69) is 11.8 Å². The van der Waals surface area contributed by atoms with Gasteiger partial charge in [0.15, 0.2) is 0 Å². The van der Waals surface area contributed by atoms with E-state index in [0.717, 1.165) is 44.9 Å². The van der Waals surface area contributed by atoms with Crippen LogP contribution in [0.3, 0.4) is 0 Å². The van der Waals surface area contributed by atoms with Crippen LogP contribution >= 0.6 is 0 Å². The third-order valence-corrected chi connectivity index (χ3v) is 3.72. The van der Waals surface area contributed by atoms with E-state index in [-0.39, 0.29) is 5.91 Å². The van der Waals surface area contributed by atoms with Gasteiger partial charge in [-0.3, -0.25) is 9.69 Å². The number of hydrogen-bond donors (Lipinski definition) is 0. The number of methoxy groups -OCH3 is 2. The fourth-order valence-corrected chi connectivity index (χ4v) is 2.26. The Morgan fingerprint density at radius 1 is 1.16 bits per heavy atom.